The maximum absolute atomic E-state index is 12.6. The molecule has 0 aliphatic heterocycles. The molecule has 2 aromatic rings. The zero-order chi connectivity index (χ0) is 14.7. The fourth-order valence-corrected chi connectivity index (χ4v) is 2.94. The molecule has 0 aromatic carbocycles. The molecule has 0 saturated carbocycles. The minimum atomic E-state index is -0.0856. The number of anilines is 1. The first kappa shape index (κ1) is 14.7. The van der Waals surface area contributed by atoms with E-state index in [1.54, 1.807) is 24.3 Å². The summed E-state index contributed by atoms with van der Waals surface area (Å²) >= 11 is 1.28. The van der Waals surface area contributed by atoms with Crippen molar-refractivity contribution in [1.29, 1.82) is 0 Å². The number of fused-ring (bicyclic) bond motifs is 1. The van der Waals surface area contributed by atoms with Gasteiger partial charge in [0.2, 0.25) is 0 Å². The van der Waals surface area contributed by atoms with Crippen LogP contribution in [0.15, 0.2) is 12.3 Å². The van der Waals surface area contributed by atoms with Crippen LogP contribution in [-0.4, -0.2) is 47.3 Å². The molecule has 20 heavy (non-hydrogen) atoms. The number of hydrogen-bond acceptors (Lipinski definition) is 6. The Morgan fingerprint density at radius 3 is 2.90 bits per heavy atom. The van der Waals surface area contributed by atoms with Gasteiger partial charge in [-0.1, -0.05) is 0 Å². The third-order valence-electron chi connectivity index (χ3n) is 3.04. The summed E-state index contributed by atoms with van der Waals surface area (Å²) in [6, 6.07) is 1.85. The van der Waals surface area contributed by atoms with E-state index < -0.39 is 0 Å². The Balaban J connectivity index is 2.36. The molecule has 0 atom stereocenters. The maximum atomic E-state index is 12.6. The Bertz CT molecular complexity index is 611. The molecule has 6 nitrogen and oxygen atoms in total. The SMILES string of the molecule is COCCN(C(=O)c1sc2nnccc2c1N)C(C)C. The van der Waals surface area contributed by atoms with E-state index in [0.29, 0.717) is 28.5 Å². The van der Waals surface area contributed by atoms with Crippen molar-refractivity contribution in [1.82, 2.24) is 15.1 Å². The highest BCUT2D eigenvalue weighted by Crippen LogP contribution is 2.32. The van der Waals surface area contributed by atoms with Crippen LogP contribution >= 0.6 is 11.3 Å². The van der Waals surface area contributed by atoms with Crippen molar-refractivity contribution in [2.75, 3.05) is 26.0 Å². The van der Waals surface area contributed by atoms with Crippen molar-refractivity contribution >= 4 is 33.1 Å². The number of methoxy groups -OCH3 is 1. The second-order valence-corrected chi connectivity index (χ2v) is 5.68. The highest BCUT2D eigenvalue weighted by Gasteiger charge is 2.24. The van der Waals surface area contributed by atoms with Crippen molar-refractivity contribution in [3.63, 3.8) is 0 Å². The summed E-state index contributed by atoms with van der Waals surface area (Å²) in [4.78, 5) is 15.6. The molecule has 2 aromatic heterocycles. The van der Waals surface area contributed by atoms with E-state index >= 15 is 0 Å². The Kier molecular flexibility index (Phi) is 4.51. The molecule has 7 heteroatoms. The predicted molar refractivity (Wildman–Crippen MR) is 79.9 cm³/mol. The number of nitrogens with zero attached hydrogens (tertiary/aromatic N) is 3. The van der Waals surface area contributed by atoms with E-state index in [0.717, 1.165) is 5.39 Å². The van der Waals surface area contributed by atoms with E-state index in [2.05, 4.69) is 10.2 Å². The van der Waals surface area contributed by atoms with Crippen LogP contribution in [0.5, 0.6) is 0 Å². The summed E-state index contributed by atoms with van der Waals surface area (Å²) in [6.45, 7) is 4.97. The third-order valence-corrected chi connectivity index (χ3v) is 4.13. The fourth-order valence-electron chi connectivity index (χ4n) is 1.95. The molecular weight excluding hydrogens is 276 g/mol. The minimum absolute atomic E-state index is 0.0772. The van der Waals surface area contributed by atoms with Gasteiger partial charge in [0, 0.05) is 25.1 Å². The molecule has 108 valence electrons. The van der Waals surface area contributed by atoms with Crippen LogP contribution in [0.25, 0.3) is 10.2 Å². The Morgan fingerprint density at radius 2 is 2.30 bits per heavy atom. The van der Waals surface area contributed by atoms with Gasteiger partial charge in [-0.05, 0) is 19.9 Å². The van der Waals surface area contributed by atoms with Crippen molar-refractivity contribution in [3.8, 4) is 0 Å². The van der Waals surface area contributed by atoms with E-state index in [-0.39, 0.29) is 11.9 Å². The second kappa shape index (κ2) is 6.15. The molecule has 0 aliphatic carbocycles. The van der Waals surface area contributed by atoms with Gasteiger partial charge in [0.05, 0.1) is 18.5 Å². The van der Waals surface area contributed by atoms with Gasteiger partial charge < -0.3 is 15.4 Å². The first-order chi connectivity index (χ1) is 9.56. The molecule has 0 fully saturated rings. The van der Waals surface area contributed by atoms with Crippen LogP contribution in [0.1, 0.15) is 23.5 Å². The van der Waals surface area contributed by atoms with Gasteiger partial charge in [-0.3, -0.25) is 4.79 Å². The Morgan fingerprint density at radius 1 is 1.55 bits per heavy atom. The van der Waals surface area contributed by atoms with Gasteiger partial charge >= 0.3 is 0 Å². The topological polar surface area (TPSA) is 81.3 Å². The van der Waals surface area contributed by atoms with Gasteiger partial charge in [-0.25, -0.2) is 0 Å². The number of hydrogen-bond donors (Lipinski definition) is 1. The van der Waals surface area contributed by atoms with Crippen LogP contribution in [0.2, 0.25) is 0 Å². The lowest BCUT2D eigenvalue weighted by atomic mass is 10.2. The summed E-state index contributed by atoms with van der Waals surface area (Å²) in [5.41, 5.74) is 6.55. The fraction of sp³-hybridized carbons (Fsp3) is 0.462. The van der Waals surface area contributed by atoms with Crippen molar-refractivity contribution in [2.24, 2.45) is 0 Å². The first-order valence-corrected chi connectivity index (χ1v) is 7.17. The zero-order valence-corrected chi connectivity index (χ0v) is 12.6. The van der Waals surface area contributed by atoms with Crippen LogP contribution in [-0.2, 0) is 4.74 Å². The third kappa shape index (κ3) is 2.73. The van der Waals surface area contributed by atoms with Crippen LogP contribution in [0.3, 0.4) is 0 Å². The summed E-state index contributed by atoms with van der Waals surface area (Å²) in [7, 11) is 1.62. The quantitative estimate of drug-likeness (QED) is 0.909. The van der Waals surface area contributed by atoms with Gasteiger partial charge in [-0.15, -0.1) is 16.4 Å². The summed E-state index contributed by atoms with van der Waals surface area (Å²) in [5.74, 6) is -0.0856. The molecule has 1 amide bonds. The van der Waals surface area contributed by atoms with Crippen LogP contribution < -0.4 is 5.73 Å². The lowest BCUT2D eigenvalue weighted by Gasteiger charge is -2.26. The van der Waals surface area contributed by atoms with Gasteiger partial charge in [0.1, 0.15) is 9.71 Å². The number of nitrogen functional groups attached to an aromatic ring is 1. The average Bonchev–Trinajstić information content (AvgIpc) is 2.76. The molecule has 0 bridgehead atoms. The van der Waals surface area contributed by atoms with E-state index in [4.69, 9.17) is 10.5 Å². The molecule has 0 radical (unpaired) electrons. The molecule has 2 rings (SSSR count). The largest absolute Gasteiger partial charge is 0.397 e. The second-order valence-electron chi connectivity index (χ2n) is 4.68. The Hall–Kier alpha value is -1.73. The molecule has 0 unspecified atom stereocenters. The van der Waals surface area contributed by atoms with E-state index in [9.17, 15) is 4.79 Å². The van der Waals surface area contributed by atoms with Crippen LogP contribution in [0.4, 0.5) is 5.69 Å². The number of nitrogens with two attached hydrogens (primary N) is 1. The first-order valence-electron chi connectivity index (χ1n) is 6.35. The van der Waals surface area contributed by atoms with Crippen molar-refractivity contribution in [2.45, 2.75) is 19.9 Å². The highest BCUT2D eigenvalue weighted by atomic mass is 32.1. The maximum Gasteiger partial charge on any atom is 0.266 e. The number of rotatable bonds is 5. The van der Waals surface area contributed by atoms with E-state index in [1.165, 1.54) is 11.3 Å². The molecule has 0 aliphatic rings. The molecular formula is C13H18N4O2S. The standard InChI is InChI=1S/C13H18N4O2S/c1-8(2)17(6-7-19-3)13(18)11-10(14)9-4-5-15-16-12(9)20-11/h4-5,8H,6-7,14H2,1-3H3. The predicted octanol–water partition coefficient (Wildman–Crippen LogP) is 1.77. The van der Waals surface area contributed by atoms with Crippen LogP contribution in [0, 0.1) is 0 Å². The lowest BCUT2D eigenvalue weighted by molar-refractivity contribution is 0.0641. The summed E-state index contributed by atoms with van der Waals surface area (Å²) < 4.78 is 5.05. The van der Waals surface area contributed by atoms with Crippen molar-refractivity contribution in [3.05, 3.63) is 17.1 Å². The van der Waals surface area contributed by atoms with Gasteiger partial charge in [0.15, 0.2) is 0 Å². The summed E-state index contributed by atoms with van der Waals surface area (Å²) in [6.07, 6.45) is 1.57. The Labute approximate surface area is 121 Å². The lowest BCUT2D eigenvalue weighted by Crippen LogP contribution is -2.39. The van der Waals surface area contributed by atoms with Gasteiger partial charge in [-0.2, -0.15) is 5.10 Å². The number of ether oxygens (including phenoxy) is 1. The molecule has 0 spiro atoms. The monoisotopic (exact) mass is 294 g/mol. The number of carbonyl (C=O) groups is 1. The normalized spacial score (nSPS) is 11.2. The van der Waals surface area contributed by atoms with Gasteiger partial charge in [0.25, 0.3) is 5.91 Å². The van der Waals surface area contributed by atoms with Crippen molar-refractivity contribution < 1.29 is 9.53 Å². The highest BCUT2D eigenvalue weighted by molar-refractivity contribution is 7.21. The number of carbonyl (C=O) groups excluding carboxylic acids is 1. The molecule has 0 saturated heterocycles. The number of aromatic nitrogens is 2. The average molecular weight is 294 g/mol. The number of amides is 1. The number of thiophene rings is 1. The zero-order valence-electron chi connectivity index (χ0n) is 11.8. The molecule has 2 N–H and O–H groups in total. The smallest absolute Gasteiger partial charge is 0.266 e. The minimum Gasteiger partial charge on any atom is -0.397 e. The molecule has 2 heterocycles. The van der Waals surface area contributed by atoms with E-state index in [1.807, 2.05) is 13.8 Å². The summed E-state index contributed by atoms with van der Waals surface area (Å²) in [5, 5.41) is 8.60.